The molecule has 1 saturated carbocycles. The number of ether oxygens (including phenoxy) is 1. The molecule has 0 bridgehead atoms. The molecule has 1 atom stereocenters. The average Bonchev–Trinajstić information content (AvgIpc) is 2.98. The van der Waals surface area contributed by atoms with E-state index in [-0.39, 0.29) is 24.1 Å². The Hall–Kier alpha value is -3.73. The van der Waals surface area contributed by atoms with Gasteiger partial charge in [-0.05, 0) is 68.0 Å². The molecule has 3 aromatic heterocycles. The molecule has 4 aromatic rings. The average molecular weight is 557 g/mol. The Bertz CT molecular complexity index is 1570. The minimum Gasteiger partial charge on any atom is -0.480 e. The van der Waals surface area contributed by atoms with Crippen molar-refractivity contribution in [3.63, 3.8) is 0 Å². The minimum absolute atomic E-state index is 0.0258. The van der Waals surface area contributed by atoms with Crippen LogP contribution in [0.25, 0.3) is 11.0 Å². The standard InChI is InChI=1S/C30H32N6O3S/c31-24(17-36-26-14-23(40-22-4-2-1-3-5-22)16-33-25(26)11-13-29(36)38)19-6-8-20(9-7-19)32-15-21-10-12-27-30(34-21)35-28(37)18-39-27/h1-5,10-14,16,19-20,24,32H,6-9,15,17-18,31H2,(H,34,35,37)/t19-,20-,24-/m1/s1. The van der Waals surface area contributed by atoms with E-state index in [0.717, 1.165) is 52.2 Å². The summed E-state index contributed by atoms with van der Waals surface area (Å²) in [4.78, 5) is 35.8. The Morgan fingerprint density at radius 3 is 2.70 bits per heavy atom. The van der Waals surface area contributed by atoms with Crippen LogP contribution < -0.4 is 26.7 Å². The number of amides is 1. The number of hydrogen-bond acceptors (Lipinski definition) is 8. The van der Waals surface area contributed by atoms with Gasteiger partial charge in [-0.1, -0.05) is 30.0 Å². The number of hydrogen-bond donors (Lipinski definition) is 3. The molecule has 0 radical (unpaired) electrons. The van der Waals surface area contributed by atoms with Gasteiger partial charge >= 0.3 is 0 Å². The van der Waals surface area contributed by atoms with Crippen LogP contribution in [0.15, 0.2) is 81.4 Å². The number of carbonyl (C=O) groups is 1. The largest absolute Gasteiger partial charge is 0.480 e. The normalized spacial score (nSPS) is 19.5. The molecule has 4 N–H and O–H groups in total. The fourth-order valence-electron chi connectivity index (χ4n) is 5.48. The van der Waals surface area contributed by atoms with E-state index < -0.39 is 0 Å². The molecule has 206 valence electrons. The van der Waals surface area contributed by atoms with Gasteiger partial charge in [-0.15, -0.1) is 0 Å². The van der Waals surface area contributed by atoms with Crippen LogP contribution >= 0.6 is 11.8 Å². The molecule has 1 aliphatic heterocycles. The Kier molecular flexibility index (Phi) is 7.81. The number of rotatable bonds is 8. The summed E-state index contributed by atoms with van der Waals surface area (Å²) in [6.07, 6.45) is 5.85. The molecule has 1 amide bonds. The zero-order valence-electron chi connectivity index (χ0n) is 22.1. The third kappa shape index (κ3) is 6.04. The molecule has 0 unspecified atom stereocenters. The van der Waals surface area contributed by atoms with Gasteiger partial charge in [0.05, 0.1) is 16.7 Å². The summed E-state index contributed by atoms with van der Waals surface area (Å²) in [7, 11) is 0. The lowest BCUT2D eigenvalue weighted by Gasteiger charge is -2.33. The van der Waals surface area contributed by atoms with E-state index >= 15 is 0 Å². The van der Waals surface area contributed by atoms with Crippen molar-refractivity contribution in [1.82, 2.24) is 19.9 Å². The lowest BCUT2D eigenvalue weighted by molar-refractivity contribution is -0.118. The fourth-order valence-corrected chi connectivity index (χ4v) is 6.32. The summed E-state index contributed by atoms with van der Waals surface area (Å²) in [5, 5.41) is 6.36. The van der Waals surface area contributed by atoms with Crippen molar-refractivity contribution in [3.8, 4) is 5.75 Å². The molecular formula is C30H32N6O3S. The maximum absolute atomic E-state index is 12.9. The number of fused-ring (bicyclic) bond motifs is 2. The van der Waals surface area contributed by atoms with Gasteiger partial charge in [0, 0.05) is 47.2 Å². The smallest absolute Gasteiger partial charge is 0.263 e. The number of carbonyl (C=O) groups excluding carboxylic acids is 1. The van der Waals surface area contributed by atoms with Gasteiger partial charge in [-0.2, -0.15) is 0 Å². The van der Waals surface area contributed by atoms with Crippen LogP contribution in [-0.4, -0.2) is 39.1 Å². The van der Waals surface area contributed by atoms with Crippen LogP contribution in [0.4, 0.5) is 5.82 Å². The Balaban J connectivity index is 1.07. The molecule has 1 fully saturated rings. The van der Waals surface area contributed by atoms with Gasteiger partial charge < -0.3 is 25.7 Å². The molecule has 40 heavy (non-hydrogen) atoms. The number of nitrogens with two attached hydrogens (primary N) is 1. The number of nitrogens with zero attached hydrogens (tertiary/aromatic N) is 3. The number of pyridine rings is 3. The van der Waals surface area contributed by atoms with Crippen molar-refractivity contribution in [2.45, 2.75) is 60.6 Å². The second-order valence-electron chi connectivity index (χ2n) is 10.4. The van der Waals surface area contributed by atoms with Crippen LogP contribution in [0.1, 0.15) is 31.4 Å². The quantitative estimate of drug-likeness (QED) is 0.298. The van der Waals surface area contributed by atoms with E-state index in [4.69, 9.17) is 10.5 Å². The summed E-state index contributed by atoms with van der Waals surface area (Å²) in [6, 6.07) is 19.6. The van der Waals surface area contributed by atoms with Gasteiger partial charge in [-0.3, -0.25) is 14.6 Å². The topological polar surface area (TPSA) is 124 Å². The number of benzene rings is 1. The third-order valence-corrected chi connectivity index (χ3v) is 8.63. The highest BCUT2D eigenvalue weighted by Crippen LogP contribution is 2.30. The van der Waals surface area contributed by atoms with Crippen LogP contribution in [0, 0.1) is 5.92 Å². The molecule has 1 aromatic carbocycles. The second-order valence-corrected chi connectivity index (χ2v) is 11.6. The van der Waals surface area contributed by atoms with Crippen molar-refractivity contribution >= 4 is 34.5 Å². The monoisotopic (exact) mass is 556 g/mol. The second kappa shape index (κ2) is 11.8. The molecule has 10 heteroatoms. The van der Waals surface area contributed by atoms with E-state index in [2.05, 4.69) is 32.7 Å². The lowest BCUT2D eigenvalue weighted by atomic mass is 9.81. The first-order valence-electron chi connectivity index (χ1n) is 13.7. The Morgan fingerprint density at radius 1 is 1.05 bits per heavy atom. The first kappa shape index (κ1) is 26.5. The van der Waals surface area contributed by atoms with E-state index in [0.29, 0.717) is 36.6 Å². The van der Waals surface area contributed by atoms with E-state index in [9.17, 15) is 9.59 Å². The number of aromatic nitrogens is 3. The summed E-state index contributed by atoms with van der Waals surface area (Å²) in [5.41, 5.74) is 9.14. The first-order valence-corrected chi connectivity index (χ1v) is 14.5. The highest BCUT2D eigenvalue weighted by molar-refractivity contribution is 7.99. The zero-order valence-corrected chi connectivity index (χ0v) is 22.9. The summed E-state index contributed by atoms with van der Waals surface area (Å²) in [6.45, 7) is 1.11. The minimum atomic E-state index is -0.187. The summed E-state index contributed by atoms with van der Waals surface area (Å²) >= 11 is 1.63. The van der Waals surface area contributed by atoms with E-state index in [1.807, 2.05) is 42.6 Å². The van der Waals surface area contributed by atoms with Gasteiger partial charge in [0.25, 0.3) is 11.5 Å². The first-order chi connectivity index (χ1) is 19.5. The molecule has 1 aliphatic carbocycles. The van der Waals surface area contributed by atoms with Crippen LogP contribution in [-0.2, 0) is 17.9 Å². The van der Waals surface area contributed by atoms with E-state index in [1.165, 1.54) is 0 Å². The Labute approximate surface area is 236 Å². The maximum Gasteiger partial charge on any atom is 0.263 e. The van der Waals surface area contributed by atoms with Crippen LogP contribution in [0.3, 0.4) is 0 Å². The zero-order chi connectivity index (χ0) is 27.5. The summed E-state index contributed by atoms with van der Waals surface area (Å²) in [5.74, 6) is 1.23. The predicted molar refractivity (Wildman–Crippen MR) is 155 cm³/mol. The SMILES string of the molecule is N[C@H](Cn1c(=O)ccc2ncc(Sc3ccccc3)cc21)[C@H]1CC[C@H](NCc2ccc3c(n2)NC(=O)CO3)CC1. The molecule has 2 aliphatic rings. The summed E-state index contributed by atoms with van der Waals surface area (Å²) < 4.78 is 7.18. The lowest BCUT2D eigenvalue weighted by Crippen LogP contribution is -2.42. The predicted octanol–water partition coefficient (Wildman–Crippen LogP) is 3.95. The van der Waals surface area contributed by atoms with Crippen molar-refractivity contribution in [2.75, 3.05) is 11.9 Å². The van der Waals surface area contributed by atoms with Crippen molar-refractivity contribution in [2.24, 2.45) is 11.7 Å². The van der Waals surface area contributed by atoms with E-state index in [1.54, 1.807) is 28.5 Å². The van der Waals surface area contributed by atoms with Gasteiger partial charge in [-0.25, -0.2) is 4.98 Å². The van der Waals surface area contributed by atoms with Crippen LogP contribution in [0.2, 0.25) is 0 Å². The maximum atomic E-state index is 12.9. The Morgan fingerprint density at radius 2 is 1.88 bits per heavy atom. The number of anilines is 1. The third-order valence-electron chi connectivity index (χ3n) is 7.67. The molecule has 6 rings (SSSR count). The van der Waals surface area contributed by atoms with Gasteiger partial charge in [0.15, 0.2) is 18.2 Å². The number of nitrogens with one attached hydrogen (secondary N) is 2. The van der Waals surface area contributed by atoms with Gasteiger partial charge in [0.1, 0.15) is 0 Å². The highest BCUT2D eigenvalue weighted by atomic mass is 32.2. The van der Waals surface area contributed by atoms with Crippen molar-refractivity contribution < 1.29 is 9.53 Å². The van der Waals surface area contributed by atoms with Crippen LogP contribution in [0.5, 0.6) is 5.75 Å². The molecule has 0 saturated heterocycles. The van der Waals surface area contributed by atoms with Crippen molar-refractivity contribution in [1.29, 1.82) is 0 Å². The molecule has 9 nitrogen and oxygen atoms in total. The highest BCUT2D eigenvalue weighted by Gasteiger charge is 2.26. The molecule has 0 spiro atoms. The fraction of sp³-hybridized carbons (Fsp3) is 0.333. The van der Waals surface area contributed by atoms with Crippen molar-refractivity contribution in [3.05, 3.63) is 82.9 Å². The molecule has 4 heterocycles. The molecular weight excluding hydrogens is 524 g/mol. The van der Waals surface area contributed by atoms with Gasteiger partial charge in [0.2, 0.25) is 0 Å².